The smallest absolute Gasteiger partial charge is 0.270 e. The minimum absolute atomic E-state index is 0.0837. The van der Waals surface area contributed by atoms with E-state index in [-0.39, 0.29) is 36.1 Å². The molecule has 2 aliphatic rings. The van der Waals surface area contributed by atoms with E-state index in [1.54, 1.807) is 13.0 Å². The topological polar surface area (TPSA) is 141 Å². The van der Waals surface area contributed by atoms with Crippen LogP contribution in [0.25, 0.3) is 0 Å². The fraction of sp³-hybridized carbons (Fsp3) is 0.519. The lowest BCUT2D eigenvalue weighted by atomic mass is 9.91. The number of nitrogens with zero attached hydrogens (tertiary/aromatic N) is 4. The molecule has 0 bridgehead atoms. The molecule has 2 heterocycles. The number of benzene rings is 1. The van der Waals surface area contributed by atoms with E-state index >= 15 is 0 Å². The second-order valence-electron chi connectivity index (χ2n) is 9.93. The summed E-state index contributed by atoms with van der Waals surface area (Å²) in [4.78, 5) is 40.0. The maximum atomic E-state index is 12.7. The van der Waals surface area contributed by atoms with Gasteiger partial charge in [0.25, 0.3) is 11.8 Å². The van der Waals surface area contributed by atoms with Crippen molar-refractivity contribution in [3.63, 3.8) is 0 Å². The van der Waals surface area contributed by atoms with Crippen molar-refractivity contribution in [1.82, 2.24) is 25.5 Å². The molecule has 2 aromatic rings. The predicted molar refractivity (Wildman–Crippen MR) is 144 cm³/mol. The van der Waals surface area contributed by atoms with Crippen molar-refractivity contribution in [3.05, 3.63) is 53.5 Å². The summed E-state index contributed by atoms with van der Waals surface area (Å²) in [7, 11) is 1.41. The molecule has 1 fully saturated rings. The zero-order chi connectivity index (χ0) is 26.9. The van der Waals surface area contributed by atoms with Crippen LogP contribution < -0.4 is 16.0 Å². The minimum atomic E-state index is -0.677. The van der Waals surface area contributed by atoms with Gasteiger partial charge in [-0.15, -0.1) is 0 Å². The molecule has 1 unspecified atom stereocenters. The number of aliphatic hydroxyl groups is 1. The summed E-state index contributed by atoms with van der Waals surface area (Å²) in [5.41, 5.74) is 3.20. The van der Waals surface area contributed by atoms with E-state index in [0.717, 1.165) is 45.2 Å². The second kappa shape index (κ2) is 13.3. The van der Waals surface area contributed by atoms with Gasteiger partial charge < -0.3 is 25.9 Å². The molecule has 0 spiro atoms. The van der Waals surface area contributed by atoms with Crippen molar-refractivity contribution in [2.45, 2.75) is 63.8 Å². The molecule has 38 heavy (non-hydrogen) atoms. The monoisotopic (exact) mass is 523 g/mol. The summed E-state index contributed by atoms with van der Waals surface area (Å²) in [5, 5.41) is 23.3. The summed E-state index contributed by atoms with van der Waals surface area (Å²) in [6.45, 7) is 3.95. The first kappa shape index (κ1) is 27.5. The lowest BCUT2D eigenvalue weighted by Gasteiger charge is -2.30. The first-order valence-corrected chi connectivity index (χ1v) is 13.1. The van der Waals surface area contributed by atoms with Crippen molar-refractivity contribution in [2.24, 2.45) is 5.16 Å². The van der Waals surface area contributed by atoms with Gasteiger partial charge in [0.15, 0.2) is 0 Å². The number of aromatic nitrogens is 2. The number of aliphatic hydroxyl groups excluding tert-OH is 1. The molecule has 4 N–H and O–H groups in total. The van der Waals surface area contributed by atoms with Gasteiger partial charge in [0.2, 0.25) is 0 Å². The van der Waals surface area contributed by atoms with Crippen LogP contribution in [0.15, 0.2) is 41.8 Å². The number of fused-ring (bicyclic) bond motifs is 1. The number of hydrogen-bond donors (Lipinski definition) is 4. The Kier molecular flexibility index (Phi) is 9.61. The van der Waals surface area contributed by atoms with Gasteiger partial charge in [-0.2, -0.15) is 0 Å². The Balaban J connectivity index is 1.19. The fourth-order valence-corrected chi connectivity index (χ4v) is 4.99. The Morgan fingerprint density at radius 3 is 2.66 bits per heavy atom. The maximum absolute atomic E-state index is 12.7. The number of amides is 2. The van der Waals surface area contributed by atoms with E-state index in [1.165, 1.54) is 24.6 Å². The molecular weight excluding hydrogens is 486 g/mol. The number of carbonyl (C=O) groups excluding carboxylic acids is 2. The van der Waals surface area contributed by atoms with Crippen LogP contribution in [0.3, 0.4) is 0 Å². The van der Waals surface area contributed by atoms with E-state index in [1.807, 2.05) is 6.07 Å². The quantitative estimate of drug-likeness (QED) is 0.271. The van der Waals surface area contributed by atoms with Gasteiger partial charge in [0.05, 0.1) is 6.10 Å². The lowest BCUT2D eigenvalue weighted by Crippen LogP contribution is -2.42. The molecule has 1 aliphatic heterocycles. The van der Waals surface area contributed by atoms with Gasteiger partial charge in [0.1, 0.15) is 30.7 Å². The second-order valence-corrected chi connectivity index (χ2v) is 9.93. The molecule has 4 rings (SSSR count). The molecule has 1 aromatic carbocycles. The molecule has 2 amide bonds. The van der Waals surface area contributed by atoms with Crippen LogP contribution in [0.5, 0.6) is 0 Å². The summed E-state index contributed by atoms with van der Waals surface area (Å²) in [6.07, 6.45) is 5.00. The zero-order valence-electron chi connectivity index (χ0n) is 22.0. The third-order valence-electron chi connectivity index (χ3n) is 7.05. The third-order valence-corrected chi connectivity index (χ3v) is 7.05. The first-order valence-electron chi connectivity index (χ1n) is 13.1. The van der Waals surface area contributed by atoms with E-state index in [2.05, 4.69) is 59.0 Å². The Hall–Kier alpha value is -3.57. The highest BCUT2D eigenvalue weighted by Gasteiger charge is 2.24. The highest BCUT2D eigenvalue weighted by atomic mass is 16.6. The van der Waals surface area contributed by atoms with Crippen LogP contribution in [0.4, 0.5) is 5.82 Å². The molecule has 0 saturated heterocycles. The third kappa shape index (κ3) is 7.72. The Morgan fingerprint density at radius 1 is 1.16 bits per heavy atom. The molecule has 204 valence electrons. The van der Waals surface area contributed by atoms with Crippen LogP contribution in [0, 0.1) is 0 Å². The maximum Gasteiger partial charge on any atom is 0.270 e. The van der Waals surface area contributed by atoms with E-state index in [4.69, 9.17) is 0 Å². The Bertz CT molecular complexity index is 1130. The van der Waals surface area contributed by atoms with Crippen molar-refractivity contribution in [1.29, 1.82) is 0 Å². The molecular formula is C27H37N7O4. The van der Waals surface area contributed by atoms with E-state index < -0.39 is 6.10 Å². The number of anilines is 1. The van der Waals surface area contributed by atoms with Gasteiger partial charge in [-0.25, -0.2) is 9.97 Å². The van der Waals surface area contributed by atoms with Crippen LogP contribution in [0.2, 0.25) is 0 Å². The van der Waals surface area contributed by atoms with Crippen molar-refractivity contribution in [2.75, 3.05) is 32.1 Å². The summed E-state index contributed by atoms with van der Waals surface area (Å²) in [5.74, 6) is 0.00679. The Morgan fingerprint density at radius 2 is 1.89 bits per heavy atom. The fourth-order valence-electron chi connectivity index (χ4n) is 4.99. The number of rotatable bonds is 10. The van der Waals surface area contributed by atoms with Gasteiger partial charge in [-0.1, -0.05) is 29.4 Å². The SMILES string of the molecule is CO/N=C(/C)C(=O)NC1CCC(Nc2cc(C(=O)NCC(O)CN3CCc4ccccc4C3)ncn2)CC1. The number of nitrogens with one attached hydrogen (secondary N) is 3. The van der Waals surface area contributed by atoms with Gasteiger partial charge in [-0.05, 0) is 50.2 Å². The molecule has 11 heteroatoms. The lowest BCUT2D eigenvalue weighted by molar-refractivity contribution is -0.115. The van der Waals surface area contributed by atoms with Crippen molar-refractivity contribution < 1.29 is 19.5 Å². The van der Waals surface area contributed by atoms with Crippen LogP contribution in [-0.2, 0) is 22.6 Å². The van der Waals surface area contributed by atoms with Crippen LogP contribution in [0.1, 0.15) is 54.2 Å². The molecule has 1 saturated carbocycles. The largest absolute Gasteiger partial charge is 0.399 e. The number of hydrogen-bond acceptors (Lipinski definition) is 9. The highest BCUT2D eigenvalue weighted by Crippen LogP contribution is 2.22. The standard InChI is InChI=1S/C27H37N7O4/c1-18(33-38-2)26(36)32-22-9-7-21(8-10-22)31-25-13-24(29-17-30-25)27(37)28-14-23(35)16-34-12-11-19-5-3-4-6-20(19)15-34/h3-6,13,17,21-23,35H,7-12,14-16H2,1-2H3,(H,28,37)(H,32,36)(H,29,30,31)/b33-18-. The number of oxime groups is 1. The van der Waals surface area contributed by atoms with Gasteiger partial charge in [0, 0.05) is 44.3 Å². The minimum Gasteiger partial charge on any atom is -0.399 e. The number of carbonyl (C=O) groups is 2. The number of β-amino-alcohol motifs (C(OH)–C–C–N with tert-alkyl or cyclic N) is 1. The average Bonchev–Trinajstić information content (AvgIpc) is 2.93. The van der Waals surface area contributed by atoms with E-state index in [9.17, 15) is 14.7 Å². The highest BCUT2D eigenvalue weighted by molar-refractivity contribution is 6.37. The van der Waals surface area contributed by atoms with Crippen molar-refractivity contribution in [3.8, 4) is 0 Å². The van der Waals surface area contributed by atoms with Crippen LogP contribution >= 0.6 is 0 Å². The Labute approximate surface area is 223 Å². The van der Waals surface area contributed by atoms with Gasteiger partial charge in [-0.3, -0.25) is 14.5 Å². The summed E-state index contributed by atoms with van der Waals surface area (Å²) >= 11 is 0. The summed E-state index contributed by atoms with van der Waals surface area (Å²) in [6, 6.07) is 10.3. The molecule has 0 radical (unpaired) electrons. The normalized spacial score (nSPS) is 20.7. The molecule has 1 aliphatic carbocycles. The summed E-state index contributed by atoms with van der Waals surface area (Å²) < 4.78 is 0. The molecule has 1 aromatic heterocycles. The molecule has 11 nitrogen and oxygen atoms in total. The van der Waals surface area contributed by atoms with Gasteiger partial charge >= 0.3 is 0 Å². The first-order chi connectivity index (χ1) is 18.4. The van der Waals surface area contributed by atoms with Crippen LogP contribution in [-0.4, -0.2) is 82.4 Å². The zero-order valence-corrected chi connectivity index (χ0v) is 22.0. The van der Waals surface area contributed by atoms with Crippen molar-refractivity contribution >= 4 is 23.3 Å². The average molecular weight is 524 g/mol. The predicted octanol–water partition coefficient (Wildman–Crippen LogP) is 1.49. The molecule has 1 atom stereocenters. The van der Waals surface area contributed by atoms with E-state index in [0.29, 0.717) is 18.1 Å².